The summed E-state index contributed by atoms with van der Waals surface area (Å²) in [6.07, 6.45) is 0. The molecule has 2 aromatic carbocycles. The van der Waals surface area contributed by atoms with Crippen molar-refractivity contribution in [1.29, 1.82) is 0 Å². The molecular formula is C14H13BrClNO2. The highest BCUT2D eigenvalue weighted by atomic mass is 79.9. The number of phenolic OH excluding ortho intramolecular Hbond substituents is 1. The first-order valence-electron chi connectivity index (χ1n) is 5.71. The van der Waals surface area contributed by atoms with Gasteiger partial charge < -0.3 is 15.5 Å². The molecule has 2 rings (SSSR count). The fourth-order valence-electron chi connectivity index (χ4n) is 1.75. The molecule has 0 aromatic heterocycles. The van der Waals surface area contributed by atoms with Crippen molar-refractivity contribution < 1.29 is 10.2 Å². The molecule has 100 valence electrons. The number of phenols is 1. The van der Waals surface area contributed by atoms with Crippen LogP contribution in [0, 0.1) is 0 Å². The number of benzene rings is 2. The SMILES string of the molecule is OCC(Nc1cccc(Br)c1)c1ccc(O)c(Cl)c1. The molecule has 0 fully saturated rings. The summed E-state index contributed by atoms with van der Waals surface area (Å²) in [5.41, 5.74) is 1.70. The third-order valence-electron chi connectivity index (χ3n) is 2.72. The predicted molar refractivity (Wildman–Crippen MR) is 80.7 cm³/mol. The van der Waals surface area contributed by atoms with Crippen LogP contribution in [0.3, 0.4) is 0 Å². The van der Waals surface area contributed by atoms with Gasteiger partial charge in [-0.05, 0) is 35.9 Å². The first-order valence-corrected chi connectivity index (χ1v) is 6.88. The van der Waals surface area contributed by atoms with Crippen molar-refractivity contribution in [1.82, 2.24) is 0 Å². The Balaban J connectivity index is 2.22. The van der Waals surface area contributed by atoms with Crippen molar-refractivity contribution in [3.63, 3.8) is 0 Å². The third-order valence-corrected chi connectivity index (χ3v) is 3.52. The quantitative estimate of drug-likeness (QED) is 0.788. The molecule has 0 saturated carbocycles. The van der Waals surface area contributed by atoms with Crippen molar-refractivity contribution in [2.24, 2.45) is 0 Å². The zero-order chi connectivity index (χ0) is 13.8. The van der Waals surface area contributed by atoms with Gasteiger partial charge in [0.2, 0.25) is 0 Å². The molecule has 0 aliphatic rings. The second-order valence-electron chi connectivity index (χ2n) is 4.10. The van der Waals surface area contributed by atoms with Gasteiger partial charge in [0, 0.05) is 10.2 Å². The molecule has 0 bridgehead atoms. The lowest BCUT2D eigenvalue weighted by atomic mass is 10.1. The number of anilines is 1. The Hall–Kier alpha value is -1.23. The minimum Gasteiger partial charge on any atom is -0.506 e. The number of hydrogen-bond acceptors (Lipinski definition) is 3. The number of rotatable bonds is 4. The molecule has 1 unspecified atom stereocenters. The summed E-state index contributed by atoms with van der Waals surface area (Å²) < 4.78 is 0.956. The lowest BCUT2D eigenvalue weighted by Gasteiger charge is -2.18. The molecule has 1 atom stereocenters. The zero-order valence-corrected chi connectivity index (χ0v) is 12.3. The maximum atomic E-state index is 9.49. The van der Waals surface area contributed by atoms with E-state index in [1.165, 1.54) is 6.07 Å². The molecule has 3 N–H and O–H groups in total. The summed E-state index contributed by atoms with van der Waals surface area (Å²) >= 11 is 9.27. The summed E-state index contributed by atoms with van der Waals surface area (Å²) in [4.78, 5) is 0. The van der Waals surface area contributed by atoms with E-state index in [9.17, 15) is 10.2 Å². The smallest absolute Gasteiger partial charge is 0.134 e. The number of hydrogen-bond donors (Lipinski definition) is 3. The minimum absolute atomic E-state index is 0.0320. The second kappa shape index (κ2) is 6.28. The van der Waals surface area contributed by atoms with Crippen LogP contribution in [-0.2, 0) is 0 Å². The van der Waals surface area contributed by atoms with Gasteiger partial charge in [-0.3, -0.25) is 0 Å². The Kier molecular flexibility index (Phi) is 4.69. The van der Waals surface area contributed by atoms with E-state index in [2.05, 4.69) is 21.2 Å². The average molecular weight is 343 g/mol. The van der Waals surface area contributed by atoms with Crippen LogP contribution >= 0.6 is 27.5 Å². The van der Waals surface area contributed by atoms with E-state index in [0.29, 0.717) is 0 Å². The highest BCUT2D eigenvalue weighted by molar-refractivity contribution is 9.10. The first kappa shape index (κ1) is 14.2. The molecular weight excluding hydrogens is 330 g/mol. The van der Waals surface area contributed by atoms with Gasteiger partial charge in [-0.15, -0.1) is 0 Å². The number of aliphatic hydroxyl groups is 1. The summed E-state index contributed by atoms with van der Waals surface area (Å²) in [5, 5.41) is 22.4. The van der Waals surface area contributed by atoms with Gasteiger partial charge in [0.15, 0.2) is 0 Å². The van der Waals surface area contributed by atoms with Crippen molar-refractivity contribution in [3.8, 4) is 5.75 Å². The maximum Gasteiger partial charge on any atom is 0.134 e. The van der Waals surface area contributed by atoms with E-state index in [0.717, 1.165) is 15.7 Å². The highest BCUT2D eigenvalue weighted by Crippen LogP contribution is 2.28. The largest absolute Gasteiger partial charge is 0.506 e. The second-order valence-corrected chi connectivity index (χ2v) is 5.42. The third kappa shape index (κ3) is 3.62. The van der Waals surface area contributed by atoms with E-state index >= 15 is 0 Å². The summed E-state index contributed by atoms with van der Waals surface area (Å²) in [6.45, 7) is -0.0758. The first-order chi connectivity index (χ1) is 9.10. The molecule has 0 saturated heterocycles. The van der Waals surface area contributed by atoms with Gasteiger partial charge in [-0.2, -0.15) is 0 Å². The molecule has 3 nitrogen and oxygen atoms in total. The van der Waals surface area contributed by atoms with Crippen molar-refractivity contribution in [2.75, 3.05) is 11.9 Å². The molecule has 0 amide bonds. The Morgan fingerprint density at radius 2 is 2.00 bits per heavy atom. The van der Waals surface area contributed by atoms with Gasteiger partial charge in [0.1, 0.15) is 5.75 Å². The summed E-state index contributed by atoms with van der Waals surface area (Å²) in [7, 11) is 0. The van der Waals surface area contributed by atoms with Crippen molar-refractivity contribution in [3.05, 3.63) is 57.5 Å². The molecule has 2 aromatic rings. The van der Waals surface area contributed by atoms with Crippen molar-refractivity contribution in [2.45, 2.75) is 6.04 Å². The van der Waals surface area contributed by atoms with Gasteiger partial charge in [0.25, 0.3) is 0 Å². The van der Waals surface area contributed by atoms with E-state index in [1.54, 1.807) is 12.1 Å². The van der Waals surface area contributed by atoms with Crippen molar-refractivity contribution >= 4 is 33.2 Å². The number of nitrogens with one attached hydrogen (secondary N) is 1. The highest BCUT2D eigenvalue weighted by Gasteiger charge is 2.12. The molecule has 0 heterocycles. The molecule has 0 radical (unpaired) electrons. The Bertz CT molecular complexity index is 577. The fraction of sp³-hybridized carbons (Fsp3) is 0.143. The summed E-state index contributed by atoms with van der Waals surface area (Å²) in [5.74, 6) is 0.0320. The lowest BCUT2D eigenvalue weighted by Crippen LogP contribution is -2.14. The topological polar surface area (TPSA) is 52.5 Å². The summed E-state index contributed by atoms with van der Waals surface area (Å²) in [6, 6.07) is 12.3. The standard InChI is InChI=1S/C14H13BrClNO2/c15-10-2-1-3-11(7-10)17-13(8-18)9-4-5-14(19)12(16)6-9/h1-7,13,17-19H,8H2. The molecule has 19 heavy (non-hydrogen) atoms. The van der Waals surface area contributed by atoms with Crippen LogP contribution in [0.4, 0.5) is 5.69 Å². The van der Waals surface area contributed by atoms with E-state index in [1.807, 2.05) is 24.3 Å². The Morgan fingerprint density at radius 1 is 1.21 bits per heavy atom. The van der Waals surface area contributed by atoms with E-state index in [-0.39, 0.29) is 23.4 Å². The van der Waals surface area contributed by atoms with Crippen LogP contribution in [-0.4, -0.2) is 16.8 Å². The normalized spacial score (nSPS) is 12.2. The minimum atomic E-state index is -0.285. The van der Waals surface area contributed by atoms with Gasteiger partial charge in [0.05, 0.1) is 17.7 Å². The maximum absolute atomic E-state index is 9.49. The predicted octanol–water partition coefficient (Wildman–Crippen LogP) is 3.95. The van der Waals surface area contributed by atoms with E-state index < -0.39 is 0 Å². The molecule has 0 spiro atoms. The number of aromatic hydroxyl groups is 1. The molecule has 0 aliphatic carbocycles. The van der Waals surface area contributed by atoms with Crippen LogP contribution in [0.1, 0.15) is 11.6 Å². The molecule has 5 heteroatoms. The molecule has 0 aliphatic heterocycles. The fourth-order valence-corrected chi connectivity index (χ4v) is 2.34. The van der Waals surface area contributed by atoms with Crippen LogP contribution in [0.5, 0.6) is 5.75 Å². The van der Waals surface area contributed by atoms with Crippen LogP contribution in [0.2, 0.25) is 5.02 Å². The van der Waals surface area contributed by atoms with Gasteiger partial charge >= 0.3 is 0 Å². The van der Waals surface area contributed by atoms with Gasteiger partial charge in [-0.25, -0.2) is 0 Å². The lowest BCUT2D eigenvalue weighted by molar-refractivity contribution is 0.276. The zero-order valence-electron chi connectivity index (χ0n) is 9.98. The van der Waals surface area contributed by atoms with Gasteiger partial charge in [-0.1, -0.05) is 39.7 Å². The number of aliphatic hydroxyl groups excluding tert-OH is 1. The number of halogens is 2. The van der Waals surface area contributed by atoms with Crippen LogP contribution < -0.4 is 5.32 Å². The van der Waals surface area contributed by atoms with E-state index in [4.69, 9.17) is 11.6 Å². The van der Waals surface area contributed by atoms with Crippen LogP contribution in [0.25, 0.3) is 0 Å². The Labute approximate surface area is 125 Å². The average Bonchev–Trinajstić information content (AvgIpc) is 2.39. The Morgan fingerprint density at radius 3 is 2.63 bits per heavy atom. The van der Waals surface area contributed by atoms with Crippen LogP contribution in [0.15, 0.2) is 46.9 Å². The monoisotopic (exact) mass is 341 g/mol.